The average molecular weight is 310 g/mol. The molecule has 126 valence electrons. The Morgan fingerprint density at radius 2 is 1.71 bits per heavy atom. The fourth-order valence-electron chi connectivity index (χ4n) is 1.84. The van der Waals surface area contributed by atoms with Gasteiger partial charge in [0, 0.05) is 19.6 Å². The number of aliphatic imine (C=N–C) groups is 1. The topological polar surface area (TPSA) is 39.7 Å². The van der Waals surface area contributed by atoms with Gasteiger partial charge in [-0.3, -0.25) is 4.99 Å². The van der Waals surface area contributed by atoms with E-state index in [2.05, 4.69) is 34.4 Å². The van der Waals surface area contributed by atoms with Crippen molar-refractivity contribution in [2.24, 2.45) is 4.99 Å². The Kier molecular flexibility index (Phi) is 11.1. The molecule has 0 atom stereocenters. The quantitative estimate of drug-likeness (QED) is 0.370. The minimum atomic E-state index is -4.13. The van der Waals surface area contributed by atoms with Crippen molar-refractivity contribution in [1.29, 1.82) is 0 Å². The second-order valence-corrected chi connectivity index (χ2v) is 4.79. The molecule has 0 radical (unpaired) electrons. The predicted molar refractivity (Wildman–Crippen MR) is 81.7 cm³/mol. The highest BCUT2D eigenvalue weighted by molar-refractivity contribution is 5.79. The molecule has 7 heteroatoms. The normalized spacial score (nSPS) is 12.8. The van der Waals surface area contributed by atoms with Crippen LogP contribution < -0.4 is 10.6 Å². The summed E-state index contributed by atoms with van der Waals surface area (Å²) in [6, 6.07) is 0. The molecule has 0 aromatic rings. The van der Waals surface area contributed by atoms with Crippen molar-refractivity contribution < 1.29 is 13.2 Å². The zero-order valence-electron chi connectivity index (χ0n) is 13.4. The monoisotopic (exact) mass is 310 g/mol. The lowest BCUT2D eigenvalue weighted by atomic mass is 10.3. The minimum Gasteiger partial charge on any atom is -0.357 e. The van der Waals surface area contributed by atoms with Crippen molar-refractivity contribution in [1.82, 2.24) is 15.5 Å². The van der Waals surface area contributed by atoms with Gasteiger partial charge in [0.1, 0.15) is 0 Å². The first kappa shape index (κ1) is 20.0. The van der Waals surface area contributed by atoms with Gasteiger partial charge in [0.05, 0.1) is 6.42 Å². The largest absolute Gasteiger partial charge is 0.390 e. The van der Waals surface area contributed by atoms with Crippen LogP contribution in [0.4, 0.5) is 13.2 Å². The molecule has 0 heterocycles. The van der Waals surface area contributed by atoms with Gasteiger partial charge in [-0.2, -0.15) is 13.2 Å². The standard InChI is InChI=1S/C14H29F3N4/c1-4-18-13(20-11-9-14(15,16)17)19-10-7-8-12-21(5-2)6-3/h4-12H2,1-3H3,(H2,18,19,20). The van der Waals surface area contributed by atoms with Gasteiger partial charge in [0.15, 0.2) is 5.96 Å². The van der Waals surface area contributed by atoms with E-state index >= 15 is 0 Å². The predicted octanol–water partition coefficient (Wildman–Crippen LogP) is 2.62. The highest BCUT2D eigenvalue weighted by Crippen LogP contribution is 2.17. The van der Waals surface area contributed by atoms with Crippen LogP contribution in [0.15, 0.2) is 4.99 Å². The first-order valence-corrected chi connectivity index (χ1v) is 7.74. The van der Waals surface area contributed by atoms with Gasteiger partial charge in [0.25, 0.3) is 0 Å². The van der Waals surface area contributed by atoms with E-state index in [1.165, 1.54) is 0 Å². The summed E-state index contributed by atoms with van der Waals surface area (Å²) in [5, 5.41) is 5.66. The van der Waals surface area contributed by atoms with E-state index < -0.39 is 12.6 Å². The zero-order valence-corrected chi connectivity index (χ0v) is 13.4. The molecular formula is C14H29F3N4. The minimum absolute atomic E-state index is 0.144. The molecule has 21 heavy (non-hydrogen) atoms. The maximum atomic E-state index is 12.1. The Bertz CT molecular complexity index is 276. The van der Waals surface area contributed by atoms with Gasteiger partial charge in [-0.05, 0) is 39.4 Å². The van der Waals surface area contributed by atoms with Gasteiger partial charge in [-0.1, -0.05) is 13.8 Å². The molecule has 2 N–H and O–H groups in total. The molecule has 0 spiro atoms. The summed E-state index contributed by atoms with van der Waals surface area (Å²) >= 11 is 0. The maximum absolute atomic E-state index is 12.1. The molecule has 0 aromatic heterocycles. The summed E-state index contributed by atoms with van der Waals surface area (Å²) < 4.78 is 36.2. The number of alkyl halides is 3. The van der Waals surface area contributed by atoms with Crippen LogP contribution in [0.3, 0.4) is 0 Å². The van der Waals surface area contributed by atoms with Crippen molar-refractivity contribution in [2.45, 2.75) is 46.2 Å². The van der Waals surface area contributed by atoms with E-state index in [0.29, 0.717) is 19.0 Å². The van der Waals surface area contributed by atoms with E-state index in [4.69, 9.17) is 0 Å². The average Bonchev–Trinajstić information content (AvgIpc) is 2.41. The van der Waals surface area contributed by atoms with Gasteiger partial charge in [-0.25, -0.2) is 0 Å². The van der Waals surface area contributed by atoms with Crippen LogP contribution in [0.5, 0.6) is 0 Å². The molecule has 4 nitrogen and oxygen atoms in total. The number of guanidine groups is 1. The Hall–Kier alpha value is -0.980. The Morgan fingerprint density at radius 3 is 2.24 bits per heavy atom. The molecule has 0 unspecified atom stereocenters. The fraction of sp³-hybridized carbons (Fsp3) is 0.929. The summed E-state index contributed by atoms with van der Waals surface area (Å²) in [5.41, 5.74) is 0. The molecule has 0 saturated carbocycles. The third kappa shape index (κ3) is 12.5. The number of hydrogen-bond acceptors (Lipinski definition) is 2. The second kappa shape index (κ2) is 11.7. The number of nitrogens with zero attached hydrogens (tertiary/aromatic N) is 2. The number of hydrogen-bond donors (Lipinski definition) is 2. The number of halogens is 3. The van der Waals surface area contributed by atoms with Gasteiger partial charge >= 0.3 is 6.18 Å². The summed E-state index contributed by atoms with van der Waals surface area (Å²) in [7, 11) is 0. The van der Waals surface area contributed by atoms with Crippen molar-refractivity contribution in [3.8, 4) is 0 Å². The van der Waals surface area contributed by atoms with E-state index in [0.717, 1.165) is 32.5 Å². The third-order valence-corrected chi connectivity index (χ3v) is 3.09. The first-order valence-electron chi connectivity index (χ1n) is 7.74. The van der Waals surface area contributed by atoms with Crippen LogP contribution in [0.1, 0.15) is 40.0 Å². The molecule has 0 bridgehead atoms. The van der Waals surface area contributed by atoms with Crippen molar-refractivity contribution in [2.75, 3.05) is 39.3 Å². The van der Waals surface area contributed by atoms with Crippen LogP contribution >= 0.6 is 0 Å². The third-order valence-electron chi connectivity index (χ3n) is 3.09. The van der Waals surface area contributed by atoms with Gasteiger partial charge < -0.3 is 15.5 Å². The molecule has 0 saturated heterocycles. The van der Waals surface area contributed by atoms with Crippen LogP contribution in [-0.4, -0.2) is 56.3 Å². The molecule has 0 amide bonds. The number of rotatable bonds is 10. The summed E-state index contributed by atoms with van der Waals surface area (Å²) in [5.74, 6) is 0.463. The van der Waals surface area contributed by atoms with Gasteiger partial charge in [0.2, 0.25) is 0 Å². The first-order chi connectivity index (χ1) is 9.92. The fourth-order valence-corrected chi connectivity index (χ4v) is 1.84. The highest BCUT2D eigenvalue weighted by atomic mass is 19.4. The van der Waals surface area contributed by atoms with Crippen LogP contribution in [-0.2, 0) is 0 Å². The summed E-state index contributed by atoms with van der Waals surface area (Å²) in [4.78, 5) is 6.63. The van der Waals surface area contributed by atoms with E-state index in [1.54, 1.807) is 0 Å². The Morgan fingerprint density at radius 1 is 1.05 bits per heavy atom. The highest BCUT2D eigenvalue weighted by Gasteiger charge is 2.26. The number of nitrogens with one attached hydrogen (secondary N) is 2. The van der Waals surface area contributed by atoms with Crippen molar-refractivity contribution in [3.63, 3.8) is 0 Å². The van der Waals surface area contributed by atoms with Gasteiger partial charge in [-0.15, -0.1) is 0 Å². The Labute approximate surface area is 126 Å². The smallest absolute Gasteiger partial charge is 0.357 e. The SMILES string of the molecule is CCNC(=NCCCCN(CC)CC)NCCC(F)(F)F. The molecule has 0 aromatic carbocycles. The molecular weight excluding hydrogens is 281 g/mol. The van der Waals surface area contributed by atoms with Crippen LogP contribution in [0, 0.1) is 0 Å². The van der Waals surface area contributed by atoms with E-state index in [9.17, 15) is 13.2 Å². The molecule has 0 aliphatic rings. The Balaban J connectivity index is 3.93. The molecule has 0 fully saturated rings. The lowest BCUT2D eigenvalue weighted by molar-refractivity contribution is -0.132. The van der Waals surface area contributed by atoms with Crippen molar-refractivity contribution in [3.05, 3.63) is 0 Å². The molecule has 0 rings (SSSR count). The summed E-state index contributed by atoms with van der Waals surface area (Å²) in [6.45, 7) is 10.4. The maximum Gasteiger partial charge on any atom is 0.390 e. The molecule has 0 aliphatic heterocycles. The van der Waals surface area contributed by atoms with E-state index in [1.807, 2.05) is 6.92 Å². The van der Waals surface area contributed by atoms with Crippen LogP contribution in [0.25, 0.3) is 0 Å². The van der Waals surface area contributed by atoms with Crippen LogP contribution in [0.2, 0.25) is 0 Å². The summed E-state index contributed by atoms with van der Waals surface area (Å²) in [6.07, 6.45) is -2.99. The molecule has 0 aliphatic carbocycles. The zero-order chi connectivity index (χ0) is 16.1. The lowest BCUT2D eigenvalue weighted by Gasteiger charge is -2.17. The van der Waals surface area contributed by atoms with E-state index in [-0.39, 0.29) is 6.54 Å². The number of unbranched alkanes of at least 4 members (excludes halogenated alkanes) is 1. The van der Waals surface area contributed by atoms with Crippen molar-refractivity contribution >= 4 is 5.96 Å². The lowest BCUT2D eigenvalue weighted by Crippen LogP contribution is -2.39. The second-order valence-electron chi connectivity index (χ2n) is 4.79.